The van der Waals surface area contributed by atoms with Crippen LogP contribution in [0, 0.1) is 5.92 Å². The molecule has 1 heterocycles. The Bertz CT molecular complexity index is 282. The van der Waals surface area contributed by atoms with Gasteiger partial charge in [0.2, 0.25) is 0 Å². The summed E-state index contributed by atoms with van der Waals surface area (Å²) in [5, 5.41) is 5.68. The number of hydrogen-bond donors (Lipinski definition) is 1. The van der Waals surface area contributed by atoms with Crippen LogP contribution in [0.2, 0.25) is 0 Å². The van der Waals surface area contributed by atoms with Crippen molar-refractivity contribution in [3.8, 4) is 0 Å². The Balaban J connectivity index is 2.24. The lowest BCUT2D eigenvalue weighted by Crippen LogP contribution is -2.41. The highest BCUT2D eigenvalue weighted by molar-refractivity contribution is 7.09. The number of rotatable bonds is 8. The summed E-state index contributed by atoms with van der Waals surface area (Å²) in [4.78, 5) is 3.97. The Morgan fingerprint density at radius 1 is 1.35 bits per heavy atom. The van der Waals surface area contributed by atoms with Gasteiger partial charge in [-0.3, -0.25) is 4.90 Å². The standard InChI is InChI=1S/C14H26N2S/c1-5-16(11-12(2)3)13(4)9-15-10-14-7-6-8-17-14/h6-8,12-13,15H,5,9-11H2,1-4H3. The molecule has 3 heteroatoms. The van der Waals surface area contributed by atoms with Crippen LogP contribution in [0.15, 0.2) is 17.5 Å². The van der Waals surface area contributed by atoms with E-state index in [4.69, 9.17) is 0 Å². The van der Waals surface area contributed by atoms with Crippen molar-refractivity contribution in [2.75, 3.05) is 19.6 Å². The molecule has 1 atom stereocenters. The Labute approximate surface area is 110 Å². The molecule has 0 amide bonds. The summed E-state index contributed by atoms with van der Waals surface area (Å²) in [7, 11) is 0. The highest BCUT2D eigenvalue weighted by Gasteiger charge is 2.12. The molecular weight excluding hydrogens is 228 g/mol. The van der Waals surface area contributed by atoms with Crippen molar-refractivity contribution in [1.82, 2.24) is 10.2 Å². The van der Waals surface area contributed by atoms with E-state index in [-0.39, 0.29) is 0 Å². The van der Waals surface area contributed by atoms with Crippen molar-refractivity contribution in [3.63, 3.8) is 0 Å². The predicted molar refractivity (Wildman–Crippen MR) is 77.6 cm³/mol. The molecule has 0 aliphatic rings. The van der Waals surface area contributed by atoms with Gasteiger partial charge in [-0.2, -0.15) is 0 Å². The second-order valence-corrected chi connectivity index (χ2v) is 6.07. The summed E-state index contributed by atoms with van der Waals surface area (Å²) in [6, 6.07) is 4.92. The molecule has 0 aliphatic heterocycles. The first kappa shape index (κ1) is 14.7. The zero-order valence-electron chi connectivity index (χ0n) is 11.6. The first-order valence-electron chi connectivity index (χ1n) is 6.60. The number of thiophene rings is 1. The highest BCUT2D eigenvalue weighted by atomic mass is 32.1. The predicted octanol–water partition coefficient (Wildman–Crippen LogP) is 3.20. The molecule has 1 rings (SSSR count). The van der Waals surface area contributed by atoms with Gasteiger partial charge < -0.3 is 5.32 Å². The zero-order valence-corrected chi connectivity index (χ0v) is 12.4. The van der Waals surface area contributed by atoms with Crippen LogP contribution < -0.4 is 5.32 Å². The molecule has 0 radical (unpaired) electrons. The van der Waals surface area contributed by atoms with Crippen molar-refractivity contribution in [1.29, 1.82) is 0 Å². The second kappa shape index (κ2) is 7.85. The first-order chi connectivity index (χ1) is 8.13. The average molecular weight is 254 g/mol. The average Bonchev–Trinajstić information content (AvgIpc) is 2.78. The molecule has 17 heavy (non-hydrogen) atoms. The molecule has 2 nitrogen and oxygen atoms in total. The lowest BCUT2D eigenvalue weighted by molar-refractivity contribution is 0.192. The molecule has 0 fully saturated rings. The third-order valence-corrected chi connectivity index (χ3v) is 3.82. The van der Waals surface area contributed by atoms with E-state index >= 15 is 0 Å². The Morgan fingerprint density at radius 2 is 2.12 bits per heavy atom. The third-order valence-electron chi connectivity index (χ3n) is 2.95. The molecule has 1 N–H and O–H groups in total. The quantitative estimate of drug-likeness (QED) is 0.766. The minimum absolute atomic E-state index is 0.613. The highest BCUT2D eigenvalue weighted by Crippen LogP contribution is 2.08. The van der Waals surface area contributed by atoms with Gasteiger partial charge in [-0.05, 0) is 30.8 Å². The fraction of sp³-hybridized carbons (Fsp3) is 0.714. The van der Waals surface area contributed by atoms with E-state index in [1.807, 2.05) is 11.3 Å². The molecule has 98 valence electrons. The monoisotopic (exact) mass is 254 g/mol. The Kier molecular flexibility index (Phi) is 6.78. The van der Waals surface area contributed by atoms with E-state index in [2.05, 4.69) is 55.4 Å². The largest absolute Gasteiger partial charge is 0.310 e. The number of nitrogens with zero attached hydrogens (tertiary/aromatic N) is 1. The van der Waals surface area contributed by atoms with Crippen LogP contribution in [-0.4, -0.2) is 30.6 Å². The van der Waals surface area contributed by atoms with Crippen molar-refractivity contribution in [2.24, 2.45) is 5.92 Å². The summed E-state index contributed by atoms with van der Waals surface area (Å²) >= 11 is 1.82. The number of nitrogens with one attached hydrogen (secondary N) is 1. The molecule has 0 saturated carbocycles. The molecule has 1 aromatic heterocycles. The summed E-state index contributed by atoms with van der Waals surface area (Å²) in [5.74, 6) is 0.745. The number of hydrogen-bond acceptors (Lipinski definition) is 3. The lowest BCUT2D eigenvalue weighted by atomic mass is 10.1. The molecule has 1 aromatic rings. The van der Waals surface area contributed by atoms with Crippen LogP contribution in [0.4, 0.5) is 0 Å². The maximum Gasteiger partial charge on any atom is 0.0300 e. The van der Waals surface area contributed by atoms with Gasteiger partial charge >= 0.3 is 0 Å². The molecule has 1 unspecified atom stereocenters. The van der Waals surface area contributed by atoms with E-state index in [0.29, 0.717) is 6.04 Å². The fourth-order valence-electron chi connectivity index (χ4n) is 2.04. The fourth-order valence-corrected chi connectivity index (χ4v) is 2.71. The normalized spacial score (nSPS) is 13.5. The topological polar surface area (TPSA) is 15.3 Å². The van der Waals surface area contributed by atoms with Gasteiger partial charge in [0.1, 0.15) is 0 Å². The molecule has 0 spiro atoms. The van der Waals surface area contributed by atoms with Gasteiger partial charge in [0.25, 0.3) is 0 Å². The summed E-state index contributed by atoms with van der Waals surface area (Å²) < 4.78 is 0. The van der Waals surface area contributed by atoms with Gasteiger partial charge in [-0.25, -0.2) is 0 Å². The van der Waals surface area contributed by atoms with Crippen LogP contribution in [0.3, 0.4) is 0 Å². The van der Waals surface area contributed by atoms with Crippen molar-refractivity contribution in [2.45, 2.75) is 40.3 Å². The van der Waals surface area contributed by atoms with E-state index in [1.165, 1.54) is 11.4 Å². The Morgan fingerprint density at radius 3 is 2.65 bits per heavy atom. The first-order valence-corrected chi connectivity index (χ1v) is 7.48. The van der Waals surface area contributed by atoms with Crippen molar-refractivity contribution >= 4 is 11.3 Å². The van der Waals surface area contributed by atoms with Crippen LogP contribution >= 0.6 is 11.3 Å². The summed E-state index contributed by atoms with van der Waals surface area (Å²) in [6.45, 7) is 13.5. The van der Waals surface area contributed by atoms with Gasteiger partial charge in [0, 0.05) is 30.6 Å². The summed E-state index contributed by atoms with van der Waals surface area (Å²) in [5.41, 5.74) is 0. The minimum atomic E-state index is 0.613. The van der Waals surface area contributed by atoms with E-state index in [9.17, 15) is 0 Å². The van der Waals surface area contributed by atoms with Crippen LogP contribution in [-0.2, 0) is 6.54 Å². The SMILES string of the molecule is CCN(CC(C)C)C(C)CNCc1cccs1. The number of likely N-dealkylation sites (N-methyl/N-ethyl adjacent to an activating group) is 1. The molecule has 0 aliphatic carbocycles. The second-order valence-electron chi connectivity index (χ2n) is 5.04. The molecule has 0 aromatic carbocycles. The molecule has 0 saturated heterocycles. The molecular formula is C14H26N2S. The Hall–Kier alpha value is -0.380. The zero-order chi connectivity index (χ0) is 12.7. The van der Waals surface area contributed by atoms with Crippen molar-refractivity contribution in [3.05, 3.63) is 22.4 Å². The summed E-state index contributed by atoms with van der Waals surface area (Å²) in [6.07, 6.45) is 0. The maximum atomic E-state index is 3.54. The van der Waals surface area contributed by atoms with Gasteiger partial charge in [-0.1, -0.05) is 26.8 Å². The minimum Gasteiger partial charge on any atom is -0.310 e. The van der Waals surface area contributed by atoms with Gasteiger partial charge in [0.05, 0.1) is 0 Å². The molecule has 0 bridgehead atoms. The van der Waals surface area contributed by atoms with E-state index in [0.717, 1.165) is 25.6 Å². The maximum absolute atomic E-state index is 3.54. The van der Waals surface area contributed by atoms with Gasteiger partial charge in [0.15, 0.2) is 0 Å². The van der Waals surface area contributed by atoms with Crippen LogP contribution in [0.25, 0.3) is 0 Å². The lowest BCUT2D eigenvalue weighted by Gasteiger charge is -2.29. The van der Waals surface area contributed by atoms with Crippen molar-refractivity contribution < 1.29 is 0 Å². The van der Waals surface area contributed by atoms with E-state index in [1.54, 1.807) is 0 Å². The smallest absolute Gasteiger partial charge is 0.0300 e. The van der Waals surface area contributed by atoms with Gasteiger partial charge in [-0.15, -0.1) is 11.3 Å². The van der Waals surface area contributed by atoms with Crippen LogP contribution in [0.5, 0.6) is 0 Å². The van der Waals surface area contributed by atoms with Crippen LogP contribution in [0.1, 0.15) is 32.6 Å². The van der Waals surface area contributed by atoms with E-state index < -0.39 is 0 Å². The third kappa shape index (κ3) is 5.66.